The topological polar surface area (TPSA) is 16.4 Å². The van der Waals surface area contributed by atoms with Crippen molar-refractivity contribution in [1.82, 2.24) is 0 Å². The van der Waals surface area contributed by atoms with Crippen molar-refractivity contribution < 1.29 is 4.42 Å². The number of nitrogens with zero attached hydrogens (tertiary/aromatic N) is 1. The van der Waals surface area contributed by atoms with Crippen molar-refractivity contribution >= 4 is 65.6 Å². The molecular formula is C48H33NO. The van der Waals surface area contributed by atoms with Crippen molar-refractivity contribution in [2.75, 3.05) is 4.90 Å². The Kier molecular flexibility index (Phi) is 7.33. The number of benzene rings is 8. The second-order valence-electron chi connectivity index (χ2n) is 12.6. The van der Waals surface area contributed by atoms with Crippen LogP contribution in [0.4, 0.5) is 11.4 Å². The van der Waals surface area contributed by atoms with Crippen LogP contribution in [0.1, 0.15) is 0 Å². The minimum atomic E-state index is 0.888. The van der Waals surface area contributed by atoms with Gasteiger partial charge in [-0.1, -0.05) is 146 Å². The van der Waals surface area contributed by atoms with Gasteiger partial charge in [-0.3, -0.25) is 0 Å². The molecule has 1 heterocycles. The van der Waals surface area contributed by atoms with Crippen molar-refractivity contribution in [3.8, 4) is 22.3 Å². The second kappa shape index (κ2) is 12.4. The van der Waals surface area contributed by atoms with E-state index in [1.807, 2.05) is 12.2 Å². The van der Waals surface area contributed by atoms with Crippen molar-refractivity contribution in [3.63, 3.8) is 0 Å². The van der Waals surface area contributed by atoms with Gasteiger partial charge in [-0.25, -0.2) is 0 Å². The molecule has 0 bridgehead atoms. The molecule has 0 aliphatic heterocycles. The van der Waals surface area contributed by atoms with E-state index in [1.54, 1.807) is 6.08 Å². The molecule has 0 N–H and O–H groups in total. The van der Waals surface area contributed by atoms with E-state index in [0.717, 1.165) is 44.4 Å². The maximum Gasteiger partial charge on any atom is 0.143 e. The van der Waals surface area contributed by atoms with Crippen molar-refractivity contribution in [3.05, 3.63) is 195 Å². The maximum atomic E-state index is 6.67. The molecule has 0 aliphatic rings. The van der Waals surface area contributed by atoms with Crippen LogP contribution in [0.15, 0.2) is 199 Å². The van der Waals surface area contributed by atoms with Gasteiger partial charge in [0.2, 0.25) is 0 Å². The Hall–Kier alpha value is -6.64. The molecule has 0 fully saturated rings. The number of hydrogen-bond donors (Lipinski definition) is 0. The number of rotatable bonds is 7. The second-order valence-corrected chi connectivity index (χ2v) is 12.6. The molecule has 0 radical (unpaired) electrons. The van der Waals surface area contributed by atoms with Crippen LogP contribution in [0.25, 0.3) is 76.5 Å². The average molecular weight is 640 g/mol. The van der Waals surface area contributed by atoms with Crippen LogP contribution in [0.3, 0.4) is 0 Å². The van der Waals surface area contributed by atoms with Gasteiger partial charge in [-0.05, 0) is 85.9 Å². The molecule has 2 nitrogen and oxygen atoms in total. The van der Waals surface area contributed by atoms with Crippen LogP contribution in [-0.4, -0.2) is 0 Å². The standard InChI is InChI=1S/C48H33NO/c1-2-3-4-13-29-49(37-27-25-33(26-28-37)44-31-36-17-7-8-18-38(36)39-19-9-10-20-40(39)44)46-24-12-11-21-41(46)42-22-14-23-43-45-30-34-15-5-6-16-35(34)32-47(45)50-48(42)43/h2-32H,1H2/b4-3-,29-13+. The van der Waals surface area contributed by atoms with Crippen LogP contribution in [0.2, 0.25) is 0 Å². The summed E-state index contributed by atoms with van der Waals surface area (Å²) in [6, 6.07) is 56.4. The summed E-state index contributed by atoms with van der Waals surface area (Å²) in [7, 11) is 0. The molecule has 0 saturated carbocycles. The number of furan rings is 1. The molecule has 2 heteroatoms. The Labute approximate surface area is 291 Å². The van der Waals surface area contributed by atoms with E-state index in [1.165, 1.54) is 43.4 Å². The third kappa shape index (κ3) is 5.06. The van der Waals surface area contributed by atoms with Gasteiger partial charge in [0.15, 0.2) is 0 Å². The number of fused-ring (bicyclic) bond motifs is 7. The Morgan fingerprint density at radius 2 is 1.12 bits per heavy atom. The van der Waals surface area contributed by atoms with E-state index >= 15 is 0 Å². The monoisotopic (exact) mass is 639 g/mol. The lowest BCUT2D eigenvalue weighted by Gasteiger charge is -2.24. The molecular weight excluding hydrogens is 607 g/mol. The van der Waals surface area contributed by atoms with Gasteiger partial charge >= 0.3 is 0 Å². The van der Waals surface area contributed by atoms with E-state index in [-0.39, 0.29) is 0 Å². The molecule has 8 aromatic carbocycles. The first kappa shape index (κ1) is 29.5. The normalized spacial score (nSPS) is 11.9. The predicted octanol–water partition coefficient (Wildman–Crippen LogP) is 13.8. The average Bonchev–Trinajstić information content (AvgIpc) is 3.54. The summed E-state index contributed by atoms with van der Waals surface area (Å²) >= 11 is 0. The van der Waals surface area contributed by atoms with Gasteiger partial charge in [-0.15, -0.1) is 0 Å². The maximum absolute atomic E-state index is 6.67. The highest BCUT2D eigenvalue weighted by atomic mass is 16.3. The molecule has 236 valence electrons. The largest absolute Gasteiger partial charge is 0.455 e. The zero-order valence-corrected chi connectivity index (χ0v) is 27.5. The van der Waals surface area contributed by atoms with Crippen LogP contribution in [0, 0.1) is 0 Å². The Balaban J connectivity index is 1.18. The summed E-state index contributed by atoms with van der Waals surface area (Å²) in [5.41, 5.74) is 8.44. The fraction of sp³-hybridized carbons (Fsp3) is 0. The summed E-state index contributed by atoms with van der Waals surface area (Å²) in [6.45, 7) is 3.85. The van der Waals surface area contributed by atoms with E-state index in [0.29, 0.717) is 0 Å². The Morgan fingerprint density at radius 3 is 1.94 bits per heavy atom. The third-order valence-corrected chi connectivity index (χ3v) is 9.64. The highest BCUT2D eigenvalue weighted by Crippen LogP contribution is 2.43. The minimum Gasteiger partial charge on any atom is -0.455 e. The van der Waals surface area contributed by atoms with Crippen molar-refractivity contribution in [2.45, 2.75) is 0 Å². The van der Waals surface area contributed by atoms with Gasteiger partial charge in [0.1, 0.15) is 11.2 Å². The third-order valence-electron chi connectivity index (χ3n) is 9.64. The quantitative estimate of drug-likeness (QED) is 0.127. The van der Waals surface area contributed by atoms with E-state index < -0.39 is 0 Å². The molecule has 0 aliphatic carbocycles. The lowest BCUT2D eigenvalue weighted by molar-refractivity contribution is 0.670. The molecule has 0 saturated heterocycles. The zero-order chi connectivity index (χ0) is 33.4. The highest BCUT2D eigenvalue weighted by molar-refractivity contribution is 6.15. The first-order valence-electron chi connectivity index (χ1n) is 17.0. The van der Waals surface area contributed by atoms with Crippen LogP contribution >= 0.6 is 0 Å². The molecule has 1 aromatic heterocycles. The molecule has 0 spiro atoms. The van der Waals surface area contributed by atoms with Gasteiger partial charge in [0, 0.05) is 33.8 Å². The first-order valence-corrected chi connectivity index (χ1v) is 17.0. The lowest BCUT2D eigenvalue weighted by Crippen LogP contribution is -2.09. The Morgan fingerprint density at radius 1 is 0.460 bits per heavy atom. The van der Waals surface area contributed by atoms with E-state index in [9.17, 15) is 0 Å². The predicted molar refractivity (Wildman–Crippen MR) is 214 cm³/mol. The summed E-state index contributed by atoms with van der Waals surface area (Å²) in [5.74, 6) is 0. The molecule has 0 unspecified atom stereocenters. The Bertz CT molecular complexity index is 2780. The fourth-order valence-corrected chi connectivity index (χ4v) is 7.29. The smallest absolute Gasteiger partial charge is 0.143 e. The van der Waals surface area contributed by atoms with Crippen LogP contribution in [0.5, 0.6) is 0 Å². The van der Waals surface area contributed by atoms with Gasteiger partial charge < -0.3 is 9.32 Å². The number of allylic oxidation sites excluding steroid dienone is 4. The summed E-state index contributed by atoms with van der Waals surface area (Å²) in [5, 5.41) is 9.65. The highest BCUT2D eigenvalue weighted by Gasteiger charge is 2.18. The van der Waals surface area contributed by atoms with Crippen molar-refractivity contribution in [2.24, 2.45) is 0 Å². The molecule has 0 amide bonds. The fourth-order valence-electron chi connectivity index (χ4n) is 7.29. The number of anilines is 2. The first-order chi connectivity index (χ1) is 24.8. The SMILES string of the molecule is C=C/C=C\C=C\N(c1ccc(-c2cc3ccccc3c3ccccc23)cc1)c1ccccc1-c1cccc2c1oc1cc3ccccc3cc12. The molecule has 9 aromatic rings. The van der Waals surface area contributed by atoms with E-state index in [4.69, 9.17) is 4.42 Å². The summed E-state index contributed by atoms with van der Waals surface area (Å²) < 4.78 is 6.67. The van der Waals surface area contributed by atoms with Crippen LogP contribution in [-0.2, 0) is 0 Å². The van der Waals surface area contributed by atoms with Gasteiger partial charge in [-0.2, -0.15) is 0 Å². The minimum absolute atomic E-state index is 0.888. The van der Waals surface area contributed by atoms with Gasteiger partial charge in [0.25, 0.3) is 0 Å². The van der Waals surface area contributed by atoms with E-state index in [2.05, 4.69) is 181 Å². The zero-order valence-electron chi connectivity index (χ0n) is 27.5. The molecule has 9 rings (SSSR count). The summed E-state index contributed by atoms with van der Waals surface area (Å²) in [4.78, 5) is 2.25. The van der Waals surface area contributed by atoms with Crippen LogP contribution < -0.4 is 4.90 Å². The molecule has 50 heavy (non-hydrogen) atoms. The number of hydrogen-bond acceptors (Lipinski definition) is 2. The number of para-hydroxylation sites is 2. The van der Waals surface area contributed by atoms with Crippen molar-refractivity contribution in [1.29, 1.82) is 0 Å². The molecule has 0 atom stereocenters. The summed E-state index contributed by atoms with van der Waals surface area (Å²) in [6.07, 6.45) is 9.90. The van der Waals surface area contributed by atoms with Gasteiger partial charge in [0.05, 0.1) is 5.69 Å². The lowest BCUT2D eigenvalue weighted by atomic mass is 9.93.